The number of hydrogen-bond acceptors (Lipinski definition) is 4. The summed E-state index contributed by atoms with van der Waals surface area (Å²) in [5.74, 6) is -0.672. The van der Waals surface area contributed by atoms with Crippen LogP contribution in [-0.2, 0) is 16.0 Å². The first-order chi connectivity index (χ1) is 8.61. The van der Waals surface area contributed by atoms with Gasteiger partial charge in [-0.25, -0.2) is 0 Å². The first-order valence-corrected chi connectivity index (χ1v) is 5.54. The molecular formula is C13H13NO4. The highest BCUT2D eigenvalue weighted by molar-refractivity contribution is 6.05. The van der Waals surface area contributed by atoms with Gasteiger partial charge in [-0.15, -0.1) is 6.58 Å². The molecule has 2 amide bonds. The summed E-state index contributed by atoms with van der Waals surface area (Å²) in [6.07, 6.45) is 1.26. The van der Waals surface area contributed by atoms with Gasteiger partial charge in [-0.1, -0.05) is 18.2 Å². The number of carbonyl (C=O) groups is 2. The number of imide groups is 1. The number of aromatic hydroxyl groups is 1. The monoisotopic (exact) mass is 247 g/mol. The van der Waals surface area contributed by atoms with E-state index in [-0.39, 0.29) is 23.8 Å². The largest absolute Gasteiger partial charge is 0.504 e. The number of ether oxygens (including phenoxy) is 1. The fraction of sp³-hybridized carbons (Fsp3) is 0.231. The van der Waals surface area contributed by atoms with E-state index < -0.39 is 12.0 Å². The highest BCUT2D eigenvalue weighted by atomic mass is 16.5. The smallest absolute Gasteiger partial charge is 0.268 e. The molecular weight excluding hydrogens is 234 g/mol. The van der Waals surface area contributed by atoms with Crippen LogP contribution < -0.4 is 10.1 Å². The van der Waals surface area contributed by atoms with Gasteiger partial charge in [-0.05, 0) is 12.5 Å². The topological polar surface area (TPSA) is 75.6 Å². The Labute approximate surface area is 104 Å². The molecule has 18 heavy (non-hydrogen) atoms. The molecule has 1 aromatic carbocycles. The highest BCUT2D eigenvalue weighted by Gasteiger charge is 2.32. The van der Waals surface area contributed by atoms with Gasteiger partial charge in [-0.2, -0.15) is 0 Å². The van der Waals surface area contributed by atoms with Crippen molar-refractivity contribution >= 4 is 11.8 Å². The normalized spacial score (nSPS) is 18.6. The van der Waals surface area contributed by atoms with E-state index >= 15 is 0 Å². The van der Waals surface area contributed by atoms with Gasteiger partial charge >= 0.3 is 0 Å². The average molecular weight is 247 g/mol. The lowest BCUT2D eigenvalue weighted by Crippen LogP contribution is -2.28. The molecule has 2 N–H and O–H groups in total. The Kier molecular flexibility index (Phi) is 3.32. The molecule has 0 aliphatic carbocycles. The number of carbonyl (C=O) groups excluding carboxylic acids is 2. The fourth-order valence-electron chi connectivity index (χ4n) is 1.76. The Bertz CT molecular complexity index is 510. The number of rotatable bonds is 4. The molecule has 5 nitrogen and oxygen atoms in total. The van der Waals surface area contributed by atoms with E-state index in [2.05, 4.69) is 11.9 Å². The number of amides is 2. The van der Waals surface area contributed by atoms with Crippen molar-refractivity contribution in [1.29, 1.82) is 0 Å². The second-order valence-corrected chi connectivity index (χ2v) is 3.98. The summed E-state index contributed by atoms with van der Waals surface area (Å²) in [4.78, 5) is 22.4. The Balaban J connectivity index is 2.19. The Morgan fingerprint density at radius 1 is 1.50 bits per heavy atom. The molecule has 0 bridgehead atoms. The molecule has 0 radical (unpaired) electrons. The van der Waals surface area contributed by atoms with Crippen LogP contribution in [-0.4, -0.2) is 23.0 Å². The van der Waals surface area contributed by atoms with Gasteiger partial charge in [0, 0.05) is 5.56 Å². The summed E-state index contributed by atoms with van der Waals surface area (Å²) in [6, 6.07) is 5.00. The number of nitrogens with one attached hydrogen (secondary N) is 1. The molecule has 1 heterocycles. The van der Waals surface area contributed by atoms with Crippen LogP contribution in [0.5, 0.6) is 11.5 Å². The van der Waals surface area contributed by atoms with Crippen LogP contribution in [0.2, 0.25) is 0 Å². The molecule has 5 heteroatoms. The van der Waals surface area contributed by atoms with Gasteiger partial charge in [0.25, 0.3) is 5.91 Å². The summed E-state index contributed by atoms with van der Waals surface area (Å²) in [5, 5.41) is 12.1. The van der Waals surface area contributed by atoms with Gasteiger partial charge in [0.1, 0.15) is 0 Å². The first kappa shape index (κ1) is 12.2. The Morgan fingerprint density at radius 3 is 2.89 bits per heavy atom. The zero-order valence-corrected chi connectivity index (χ0v) is 9.68. The Hall–Kier alpha value is -2.30. The van der Waals surface area contributed by atoms with Crippen LogP contribution in [0.4, 0.5) is 0 Å². The molecule has 0 aromatic heterocycles. The molecule has 94 valence electrons. The summed E-state index contributed by atoms with van der Waals surface area (Å²) in [7, 11) is 0. The van der Waals surface area contributed by atoms with Gasteiger partial charge in [0.2, 0.25) is 5.91 Å². The summed E-state index contributed by atoms with van der Waals surface area (Å²) < 4.78 is 5.36. The number of benzene rings is 1. The minimum Gasteiger partial charge on any atom is -0.504 e. The standard InChI is InChI=1S/C13H13NO4/c1-2-4-8-5-3-6-9(12(8)16)18-10-7-11(15)14-13(10)17/h2-3,5-6,10,16H,1,4,7H2,(H,14,15,17). The van der Waals surface area contributed by atoms with E-state index in [4.69, 9.17) is 4.74 Å². The van der Waals surface area contributed by atoms with Crippen LogP contribution in [0, 0.1) is 0 Å². The molecule has 1 aromatic rings. The number of hydrogen-bond donors (Lipinski definition) is 2. The van der Waals surface area contributed by atoms with Gasteiger partial charge in [-0.3, -0.25) is 14.9 Å². The SMILES string of the molecule is C=CCc1cccc(OC2CC(=O)NC2=O)c1O. The Morgan fingerprint density at radius 2 is 2.28 bits per heavy atom. The van der Waals surface area contributed by atoms with Crippen LogP contribution in [0.1, 0.15) is 12.0 Å². The summed E-state index contributed by atoms with van der Waals surface area (Å²) >= 11 is 0. The maximum atomic E-state index is 11.4. The quantitative estimate of drug-likeness (QED) is 0.612. The van der Waals surface area contributed by atoms with Gasteiger partial charge in [0.15, 0.2) is 17.6 Å². The summed E-state index contributed by atoms with van der Waals surface area (Å²) in [5.41, 5.74) is 0.659. The molecule has 1 aliphatic rings. The van der Waals surface area contributed by atoms with E-state index in [1.54, 1.807) is 24.3 Å². The minimum absolute atomic E-state index is 0.0236. The van der Waals surface area contributed by atoms with Crippen molar-refractivity contribution in [1.82, 2.24) is 5.32 Å². The third-order valence-electron chi connectivity index (χ3n) is 2.64. The highest BCUT2D eigenvalue weighted by Crippen LogP contribution is 2.31. The van der Waals surface area contributed by atoms with Gasteiger partial charge < -0.3 is 9.84 Å². The first-order valence-electron chi connectivity index (χ1n) is 5.54. The number of phenols is 1. The second-order valence-electron chi connectivity index (χ2n) is 3.98. The third kappa shape index (κ3) is 2.34. The van der Waals surface area contributed by atoms with Crippen molar-refractivity contribution in [2.75, 3.05) is 0 Å². The van der Waals surface area contributed by atoms with Crippen molar-refractivity contribution in [2.45, 2.75) is 18.9 Å². The lowest BCUT2D eigenvalue weighted by Gasteiger charge is -2.13. The van der Waals surface area contributed by atoms with Crippen molar-refractivity contribution in [3.05, 3.63) is 36.4 Å². The van der Waals surface area contributed by atoms with Crippen LogP contribution in [0.3, 0.4) is 0 Å². The van der Waals surface area contributed by atoms with E-state index in [9.17, 15) is 14.7 Å². The average Bonchev–Trinajstić information content (AvgIpc) is 2.63. The summed E-state index contributed by atoms with van der Waals surface area (Å²) in [6.45, 7) is 3.59. The molecule has 1 fully saturated rings. The van der Waals surface area contributed by atoms with Gasteiger partial charge in [0.05, 0.1) is 6.42 Å². The molecule has 0 saturated carbocycles. The predicted octanol–water partition coefficient (Wildman–Crippen LogP) is 0.915. The van der Waals surface area contributed by atoms with E-state index in [1.807, 2.05) is 0 Å². The van der Waals surface area contributed by atoms with Crippen molar-refractivity contribution in [3.63, 3.8) is 0 Å². The molecule has 1 saturated heterocycles. The second kappa shape index (κ2) is 4.91. The number of allylic oxidation sites excluding steroid dienone is 1. The zero-order chi connectivity index (χ0) is 13.1. The van der Waals surface area contributed by atoms with E-state index in [0.29, 0.717) is 12.0 Å². The van der Waals surface area contributed by atoms with E-state index in [1.165, 1.54) is 0 Å². The molecule has 1 aliphatic heterocycles. The number of para-hydroxylation sites is 1. The zero-order valence-electron chi connectivity index (χ0n) is 9.68. The minimum atomic E-state index is -0.873. The predicted molar refractivity (Wildman–Crippen MR) is 64.2 cm³/mol. The molecule has 1 atom stereocenters. The lowest BCUT2D eigenvalue weighted by molar-refractivity contribution is -0.127. The molecule has 1 unspecified atom stereocenters. The van der Waals surface area contributed by atoms with Crippen LogP contribution >= 0.6 is 0 Å². The third-order valence-corrected chi connectivity index (χ3v) is 2.64. The fourth-order valence-corrected chi connectivity index (χ4v) is 1.76. The van der Waals surface area contributed by atoms with Crippen molar-refractivity contribution < 1.29 is 19.4 Å². The van der Waals surface area contributed by atoms with Crippen LogP contribution in [0.25, 0.3) is 0 Å². The van der Waals surface area contributed by atoms with Crippen molar-refractivity contribution in [2.24, 2.45) is 0 Å². The maximum absolute atomic E-state index is 11.4. The lowest BCUT2D eigenvalue weighted by atomic mass is 10.1. The number of phenolic OH excluding ortho intramolecular Hbond substituents is 1. The van der Waals surface area contributed by atoms with Crippen molar-refractivity contribution in [3.8, 4) is 11.5 Å². The van der Waals surface area contributed by atoms with Crippen LogP contribution in [0.15, 0.2) is 30.9 Å². The van der Waals surface area contributed by atoms with E-state index in [0.717, 1.165) is 0 Å². The maximum Gasteiger partial charge on any atom is 0.268 e. The molecule has 2 rings (SSSR count). The molecule has 0 spiro atoms.